The Bertz CT molecular complexity index is 1050. The molecule has 2 rings (SSSR count). The lowest BCUT2D eigenvalue weighted by molar-refractivity contribution is -0.134. The summed E-state index contributed by atoms with van der Waals surface area (Å²) in [5.74, 6) is -0.782. The molecule has 0 atom stereocenters. The van der Waals surface area contributed by atoms with Crippen molar-refractivity contribution in [3.05, 3.63) is 64.3 Å². The standard InChI is InChI=1S/C30H40N2O5/c1-3-5-7-9-11-13-23-36-30(35)24-15-17-25(18-16-24)31-32-26-19-21-27(33)28(22-20-26)37-29(34)14-12-10-8-6-4-2/h15-22H,3-14,23H2,1-2H3. The summed E-state index contributed by atoms with van der Waals surface area (Å²) in [5, 5.41) is 8.32. The van der Waals surface area contributed by atoms with Gasteiger partial charge in [0.25, 0.3) is 0 Å². The summed E-state index contributed by atoms with van der Waals surface area (Å²) in [6.45, 7) is 4.75. The predicted octanol–water partition coefficient (Wildman–Crippen LogP) is 8.25. The van der Waals surface area contributed by atoms with Crippen LogP contribution >= 0.6 is 0 Å². The third-order valence-electron chi connectivity index (χ3n) is 5.88. The SMILES string of the molecule is CCCCCCCCOC(=O)c1ccc(N=Nc2ccc(OC(=O)CCCCCCC)c(=O)cc2)cc1. The minimum absolute atomic E-state index is 0.0242. The minimum atomic E-state index is -0.409. The number of ether oxygens (including phenoxy) is 2. The molecule has 37 heavy (non-hydrogen) atoms. The highest BCUT2D eigenvalue weighted by atomic mass is 16.5. The Morgan fingerprint density at radius 3 is 1.86 bits per heavy atom. The molecule has 0 aliphatic heterocycles. The molecule has 0 aliphatic rings. The van der Waals surface area contributed by atoms with Gasteiger partial charge in [0.2, 0.25) is 5.43 Å². The van der Waals surface area contributed by atoms with Gasteiger partial charge < -0.3 is 9.47 Å². The summed E-state index contributed by atoms with van der Waals surface area (Å²) < 4.78 is 10.6. The maximum Gasteiger partial charge on any atom is 0.338 e. The third kappa shape index (κ3) is 12.4. The number of unbranched alkanes of at least 4 members (excludes halogenated alkanes) is 9. The number of esters is 2. The average molecular weight is 509 g/mol. The van der Waals surface area contributed by atoms with Crippen molar-refractivity contribution < 1.29 is 19.1 Å². The van der Waals surface area contributed by atoms with Crippen LogP contribution < -0.4 is 10.2 Å². The van der Waals surface area contributed by atoms with E-state index in [9.17, 15) is 14.4 Å². The van der Waals surface area contributed by atoms with E-state index in [-0.39, 0.29) is 18.1 Å². The Morgan fingerprint density at radius 2 is 1.22 bits per heavy atom. The van der Waals surface area contributed by atoms with Crippen LogP contribution in [-0.2, 0) is 9.53 Å². The van der Waals surface area contributed by atoms with E-state index in [1.165, 1.54) is 43.9 Å². The van der Waals surface area contributed by atoms with Crippen molar-refractivity contribution in [2.75, 3.05) is 6.61 Å². The smallest absolute Gasteiger partial charge is 0.338 e. The maximum atomic E-state index is 12.3. The molecule has 7 nitrogen and oxygen atoms in total. The van der Waals surface area contributed by atoms with Crippen LogP contribution in [0.25, 0.3) is 0 Å². The summed E-state index contributed by atoms with van der Waals surface area (Å²) in [5.41, 5.74) is 1.05. The van der Waals surface area contributed by atoms with Crippen LogP contribution in [0.15, 0.2) is 63.6 Å². The quantitative estimate of drug-likeness (QED) is 0.122. The summed E-state index contributed by atoms with van der Waals surface area (Å²) in [6.07, 6.45) is 12.2. The Labute approximate surface area is 220 Å². The molecule has 7 heteroatoms. The average Bonchev–Trinajstić information content (AvgIpc) is 3.08. The second-order valence-corrected chi connectivity index (χ2v) is 9.11. The molecule has 0 unspecified atom stereocenters. The van der Waals surface area contributed by atoms with E-state index in [1.54, 1.807) is 30.3 Å². The Balaban J connectivity index is 1.84. The Kier molecular flexibility index (Phi) is 14.5. The number of rotatable bonds is 17. The van der Waals surface area contributed by atoms with Gasteiger partial charge in [0, 0.05) is 6.42 Å². The number of hydrogen-bond acceptors (Lipinski definition) is 7. The number of carbonyl (C=O) groups is 2. The first-order chi connectivity index (χ1) is 18.0. The molecule has 0 heterocycles. The fraction of sp³-hybridized carbons (Fsp3) is 0.500. The van der Waals surface area contributed by atoms with Crippen molar-refractivity contribution in [3.63, 3.8) is 0 Å². The highest BCUT2D eigenvalue weighted by Crippen LogP contribution is 2.19. The molecular weight excluding hydrogens is 468 g/mol. The second-order valence-electron chi connectivity index (χ2n) is 9.11. The molecule has 0 fully saturated rings. The number of nitrogens with zero attached hydrogens (tertiary/aromatic N) is 2. The lowest BCUT2D eigenvalue weighted by Gasteiger charge is -2.05. The molecule has 0 saturated carbocycles. The predicted molar refractivity (Wildman–Crippen MR) is 146 cm³/mol. The maximum absolute atomic E-state index is 12.3. The van der Waals surface area contributed by atoms with Crippen LogP contribution in [0.1, 0.15) is 101 Å². The molecule has 200 valence electrons. The van der Waals surface area contributed by atoms with E-state index in [0.29, 0.717) is 23.5 Å². The van der Waals surface area contributed by atoms with Gasteiger partial charge >= 0.3 is 11.9 Å². The Hall–Kier alpha value is -3.35. The van der Waals surface area contributed by atoms with Crippen molar-refractivity contribution in [2.45, 2.75) is 90.9 Å². The molecule has 0 radical (unpaired) electrons. The van der Waals surface area contributed by atoms with Gasteiger partial charge in [-0.15, -0.1) is 0 Å². The molecule has 0 N–H and O–H groups in total. The van der Waals surface area contributed by atoms with Gasteiger partial charge in [-0.1, -0.05) is 71.6 Å². The van der Waals surface area contributed by atoms with Crippen LogP contribution in [0, 0.1) is 0 Å². The first-order valence-corrected chi connectivity index (χ1v) is 13.6. The highest BCUT2D eigenvalue weighted by Gasteiger charge is 2.08. The van der Waals surface area contributed by atoms with Gasteiger partial charge in [-0.25, -0.2) is 4.79 Å². The summed E-state index contributed by atoms with van der Waals surface area (Å²) in [6, 6.07) is 12.5. The fourth-order valence-electron chi connectivity index (χ4n) is 3.65. The summed E-state index contributed by atoms with van der Waals surface area (Å²) >= 11 is 0. The number of azo groups is 1. The molecule has 0 aromatic heterocycles. The van der Waals surface area contributed by atoms with Crippen molar-refractivity contribution >= 4 is 23.3 Å². The van der Waals surface area contributed by atoms with Crippen molar-refractivity contribution in [2.24, 2.45) is 10.2 Å². The van der Waals surface area contributed by atoms with Gasteiger partial charge in [-0.05, 0) is 61.4 Å². The lowest BCUT2D eigenvalue weighted by Crippen LogP contribution is -2.12. The Morgan fingerprint density at radius 1 is 0.676 bits per heavy atom. The molecule has 0 spiro atoms. The molecular formula is C30H40N2O5. The number of benzene rings is 1. The van der Waals surface area contributed by atoms with Crippen molar-refractivity contribution in [1.29, 1.82) is 0 Å². The van der Waals surface area contributed by atoms with Gasteiger partial charge in [0.05, 0.1) is 23.5 Å². The second kappa shape index (κ2) is 18.0. The van der Waals surface area contributed by atoms with Crippen LogP contribution in [0.5, 0.6) is 5.75 Å². The zero-order valence-corrected chi connectivity index (χ0v) is 22.2. The first-order valence-electron chi connectivity index (χ1n) is 13.6. The summed E-state index contributed by atoms with van der Waals surface area (Å²) in [7, 11) is 0. The van der Waals surface area contributed by atoms with Gasteiger partial charge in [0.15, 0.2) is 5.75 Å². The normalized spacial score (nSPS) is 11.0. The fourth-order valence-corrected chi connectivity index (χ4v) is 3.65. The van der Waals surface area contributed by atoms with Crippen LogP contribution in [0.3, 0.4) is 0 Å². The third-order valence-corrected chi connectivity index (χ3v) is 5.88. The molecule has 0 saturated heterocycles. The van der Waals surface area contributed by atoms with E-state index in [0.717, 1.165) is 44.9 Å². The van der Waals surface area contributed by atoms with E-state index >= 15 is 0 Å². The van der Waals surface area contributed by atoms with Gasteiger partial charge in [-0.2, -0.15) is 10.2 Å². The van der Waals surface area contributed by atoms with Gasteiger partial charge in [-0.3, -0.25) is 9.59 Å². The molecule has 0 amide bonds. The molecule has 0 aliphatic carbocycles. The number of carbonyl (C=O) groups excluding carboxylic acids is 2. The number of hydrogen-bond donors (Lipinski definition) is 0. The van der Waals surface area contributed by atoms with E-state index in [4.69, 9.17) is 9.47 Å². The molecule has 0 bridgehead atoms. The van der Waals surface area contributed by atoms with Crippen LogP contribution in [-0.4, -0.2) is 18.5 Å². The van der Waals surface area contributed by atoms with Crippen molar-refractivity contribution in [1.82, 2.24) is 0 Å². The van der Waals surface area contributed by atoms with E-state index in [1.807, 2.05) is 0 Å². The van der Waals surface area contributed by atoms with Crippen molar-refractivity contribution in [3.8, 4) is 5.75 Å². The monoisotopic (exact) mass is 508 g/mol. The molecule has 2 aromatic carbocycles. The van der Waals surface area contributed by atoms with E-state index < -0.39 is 11.4 Å². The van der Waals surface area contributed by atoms with Crippen LogP contribution in [0.2, 0.25) is 0 Å². The largest absolute Gasteiger partial charge is 0.462 e. The van der Waals surface area contributed by atoms with E-state index in [2.05, 4.69) is 24.1 Å². The highest BCUT2D eigenvalue weighted by molar-refractivity contribution is 5.89. The van der Waals surface area contributed by atoms with Gasteiger partial charge in [0.1, 0.15) is 0 Å². The zero-order chi connectivity index (χ0) is 26.7. The first kappa shape index (κ1) is 29.9. The summed E-state index contributed by atoms with van der Waals surface area (Å²) in [4.78, 5) is 36.5. The minimum Gasteiger partial charge on any atom is -0.462 e. The zero-order valence-electron chi connectivity index (χ0n) is 22.2. The lowest BCUT2D eigenvalue weighted by atomic mass is 10.1. The topological polar surface area (TPSA) is 94.4 Å². The van der Waals surface area contributed by atoms with Crippen LogP contribution in [0.4, 0.5) is 11.4 Å². The molecule has 2 aromatic rings.